The van der Waals surface area contributed by atoms with Gasteiger partial charge in [0, 0.05) is 25.6 Å². The van der Waals surface area contributed by atoms with Gasteiger partial charge in [-0.1, -0.05) is 60.7 Å². The lowest BCUT2D eigenvalue weighted by molar-refractivity contribution is -0.129. The Morgan fingerprint density at radius 2 is 1.62 bits per heavy atom. The van der Waals surface area contributed by atoms with Crippen LogP contribution in [0.15, 0.2) is 60.7 Å². The predicted octanol–water partition coefficient (Wildman–Crippen LogP) is 2.42. The normalized spacial score (nSPS) is 21.8. The van der Waals surface area contributed by atoms with E-state index >= 15 is 0 Å². The highest BCUT2D eigenvalue weighted by molar-refractivity contribution is 5.86. The molecule has 1 amide bonds. The third-order valence-electron chi connectivity index (χ3n) is 4.11. The summed E-state index contributed by atoms with van der Waals surface area (Å²) in [4.78, 5) is 14.5. The SMILES string of the molecule is O=C1C(c2ccccc2)C(CO)CN1Cc1ccccc1. The summed E-state index contributed by atoms with van der Waals surface area (Å²) in [7, 11) is 0. The highest BCUT2D eigenvalue weighted by atomic mass is 16.3. The van der Waals surface area contributed by atoms with Gasteiger partial charge in [0.1, 0.15) is 0 Å². The summed E-state index contributed by atoms with van der Waals surface area (Å²) in [5, 5.41) is 9.62. The minimum atomic E-state index is -0.222. The average Bonchev–Trinajstić information content (AvgIpc) is 2.85. The Labute approximate surface area is 124 Å². The van der Waals surface area contributed by atoms with Crippen LogP contribution in [0, 0.1) is 5.92 Å². The smallest absolute Gasteiger partial charge is 0.230 e. The van der Waals surface area contributed by atoms with Crippen molar-refractivity contribution in [3.05, 3.63) is 71.8 Å². The molecule has 0 aliphatic carbocycles. The van der Waals surface area contributed by atoms with E-state index < -0.39 is 0 Å². The van der Waals surface area contributed by atoms with Crippen LogP contribution < -0.4 is 0 Å². The quantitative estimate of drug-likeness (QED) is 0.935. The molecule has 1 aliphatic rings. The molecule has 2 unspecified atom stereocenters. The molecule has 1 fully saturated rings. The first-order chi connectivity index (χ1) is 10.3. The largest absolute Gasteiger partial charge is 0.396 e. The number of benzene rings is 2. The van der Waals surface area contributed by atoms with Crippen molar-refractivity contribution < 1.29 is 9.90 Å². The Bertz CT molecular complexity index is 597. The fourth-order valence-corrected chi connectivity index (χ4v) is 3.06. The van der Waals surface area contributed by atoms with E-state index in [0.717, 1.165) is 11.1 Å². The number of carbonyl (C=O) groups is 1. The molecule has 3 rings (SSSR count). The minimum absolute atomic E-state index is 0.0244. The number of aliphatic hydroxyl groups excluding tert-OH is 1. The molecule has 1 saturated heterocycles. The molecule has 2 aromatic carbocycles. The fourth-order valence-electron chi connectivity index (χ4n) is 3.06. The monoisotopic (exact) mass is 281 g/mol. The molecular formula is C18H19NO2. The standard InChI is InChI=1S/C18H19NO2/c20-13-16-12-19(11-14-7-3-1-4-8-14)18(21)17(16)15-9-5-2-6-10-15/h1-10,16-17,20H,11-13H2. The Balaban J connectivity index is 1.81. The highest BCUT2D eigenvalue weighted by Crippen LogP contribution is 2.34. The maximum atomic E-state index is 12.7. The molecular weight excluding hydrogens is 262 g/mol. The number of likely N-dealkylation sites (tertiary alicyclic amines) is 1. The van der Waals surface area contributed by atoms with Crippen molar-refractivity contribution in [2.45, 2.75) is 12.5 Å². The van der Waals surface area contributed by atoms with E-state index in [9.17, 15) is 9.90 Å². The van der Waals surface area contributed by atoms with Crippen LogP contribution in [0.3, 0.4) is 0 Å². The van der Waals surface area contributed by atoms with E-state index in [2.05, 4.69) is 0 Å². The molecule has 2 aromatic rings. The molecule has 0 aromatic heterocycles. The van der Waals surface area contributed by atoms with Gasteiger partial charge in [-0.3, -0.25) is 4.79 Å². The molecule has 3 heteroatoms. The second-order valence-corrected chi connectivity index (χ2v) is 5.54. The van der Waals surface area contributed by atoms with Crippen molar-refractivity contribution >= 4 is 5.91 Å². The summed E-state index contributed by atoms with van der Waals surface area (Å²) >= 11 is 0. The summed E-state index contributed by atoms with van der Waals surface area (Å²) in [5.74, 6) is -0.132. The number of aliphatic hydroxyl groups is 1. The first-order valence-electron chi connectivity index (χ1n) is 7.28. The van der Waals surface area contributed by atoms with Crippen molar-refractivity contribution in [1.82, 2.24) is 4.90 Å². The van der Waals surface area contributed by atoms with Gasteiger partial charge < -0.3 is 10.0 Å². The van der Waals surface area contributed by atoms with Gasteiger partial charge in [-0.2, -0.15) is 0 Å². The summed E-state index contributed by atoms with van der Waals surface area (Å²) < 4.78 is 0. The first kappa shape index (κ1) is 13.8. The Hall–Kier alpha value is -2.13. The first-order valence-corrected chi connectivity index (χ1v) is 7.28. The minimum Gasteiger partial charge on any atom is -0.396 e. The number of rotatable bonds is 4. The van der Waals surface area contributed by atoms with Crippen molar-refractivity contribution in [3.63, 3.8) is 0 Å². The van der Waals surface area contributed by atoms with Gasteiger partial charge in [-0.25, -0.2) is 0 Å². The van der Waals surface area contributed by atoms with Gasteiger partial charge in [0.25, 0.3) is 0 Å². The van der Waals surface area contributed by atoms with Gasteiger partial charge in [0.15, 0.2) is 0 Å². The molecule has 0 saturated carbocycles. The molecule has 108 valence electrons. The molecule has 2 atom stereocenters. The molecule has 0 radical (unpaired) electrons. The maximum Gasteiger partial charge on any atom is 0.230 e. The molecule has 1 aliphatic heterocycles. The molecule has 0 bridgehead atoms. The van der Waals surface area contributed by atoms with Crippen LogP contribution in [-0.2, 0) is 11.3 Å². The van der Waals surface area contributed by atoms with Gasteiger partial charge in [0.05, 0.1) is 5.92 Å². The second-order valence-electron chi connectivity index (χ2n) is 5.54. The van der Waals surface area contributed by atoms with Crippen LogP contribution in [0.1, 0.15) is 17.0 Å². The number of amides is 1. The molecule has 21 heavy (non-hydrogen) atoms. The Morgan fingerprint density at radius 3 is 2.24 bits per heavy atom. The zero-order valence-corrected chi connectivity index (χ0v) is 11.9. The average molecular weight is 281 g/mol. The predicted molar refractivity (Wildman–Crippen MR) is 81.6 cm³/mol. The van der Waals surface area contributed by atoms with Crippen molar-refractivity contribution in [2.24, 2.45) is 5.92 Å². The summed E-state index contributed by atoms with van der Waals surface area (Å²) in [6.45, 7) is 1.26. The maximum absolute atomic E-state index is 12.7. The number of hydrogen-bond acceptors (Lipinski definition) is 2. The van der Waals surface area contributed by atoms with Crippen molar-refractivity contribution in [1.29, 1.82) is 0 Å². The highest BCUT2D eigenvalue weighted by Gasteiger charge is 2.40. The summed E-state index contributed by atoms with van der Waals surface area (Å²) in [6, 6.07) is 19.7. The zero-order valence-electron chi connectivity index (χ0n) is 11.9. The number of hydrogen-bond donors (Lipinski definition) is 1. The Kier molecular flexibility index (Phi) is 4.02. The van der Waals surface area contributed by atoms with E-state index in [0.29, 0.717) is 13.1 Å². The van der Waals surface area contributed by atoms with Crippen LogP contribution >= 0.6 is 0 Å². The summed E-state index contributed by atoms with van der Waals surface area (Å²) in [5.41, 5.74) is 2.12. The van der Waals surface area contributed by atoms with E-state index in [1.165, 1.54) is 0 Å². The lowest BCUT2D eigenvalue weighted by Gasteiger charge is -2.16. The van der Waals surface area contributed by atoms with Gasteiger partial charge >= 0.3 is 0 Å². The van der Waals surface area contributed by atoms with Crippen LogP contribution in [0.5, 0.6) is 0 Å². The van der Waals surface area contributed by atoms with Gasteiger partial charge in [0.2, 0.25) is 5.91 Å². The topological polar surface area (TPSA) is 40.5 Å². The van der Waals surface area contributed by atoms with Crippen molar-refractivity contribution in [3.8, 4) is 0 Å². The summed E-state index contributed by atoms with van der Waals surface area (Å²) in [6.07, 6.45) is 0. The molecule has 1 heterocycles. The van der Waals surface area contributed by atoms with Crippen LogP contribution in [0.25, 0.3) is 0 Å². The van der Waals surface area contributed by atoms with Crippen LogP contribution in [-0.4, -0.2) is 29.1 Å². The molecule has 1 N–H and O–H groups in total. The van der Waals surface area contributed by atoms with Crippen molar-refractivity contribution in [2.75, 3.05) is 13.2 Å². The molecule has 3 nitrogen and oxygen atoms in total. The van der Waals surface area contributed by atoms with E-state index in [1.54, 1.807) is 0 Å². The Morgan fingerprint density at radius 1 is 1.00 bits per heavy atom. The number of nitrogens with zero attached hydrogens (tertiary/aromatic N) is 1. The third-order valence-corrected chi connectivity index (χ3v) is 4.11. The van der Waals surface area contributed by atoms with E-state index in [-0.39, 0.29) is 24.3 Å². The lowest BCUT2D eigenvalue weighted by atomic mass is 9.89. The van der Waals surface area contributed by atoms with E-state index in [1.807, 2.05) is 65.6 Å². The van der Waals surface area contributed by atoms with Crippen LogP contribution in [0.4, 0.5) is 0 Å². The van der Waals surface area contributed by atoms with E-state index in [4.69, 9.17) is 0 Å². The zero-order chi connectivity index (χ0) is 14.7. The third kappa shape index (κ3) is 2.83. The van der Waals surface area contributed by atoms with Gasteiger partial charge in [-0.15, -0.1) is 0 Å². The fraction of sp³-hybridized carbons (Fsp3) is 0.278. The van der Waals surface area contributed by atoms with Crippen LogP contribution in [0.2, 0.25) is 0 Å². The molecule has 0 spiro atoms. The second kappa shape index (κ2) is 6.10. The van der Waals surface area contributed by atoms with Gasteiger partial charge in [-0.05, 0) is 11.1 Å². The lowest BCUT2D eigenvalue weighted by Crippen LogP contribution is -2.26. The number of carbonyl (C=O) groups excluding carboxylic acids is 1.